The quantitative estimate of drug-likeness (QED) is 0.695. The molecule has 7 heteroatoms. The van der Waals surface area contributed by atoms with Crippen molar-refractivity contribution in [2.75, 3.05) is 25.0 Å². The number of likely N-dealkylation sites (tertiary alicyclic amines) is 1. The predicted molar refractivity (Wildman–Crippen MR) is 113 cm³/mol. The van der Waals surface area contributed by atoms with Gasteiger partial charge >= 0.3 is 0 Å². The summed E-state index contributed by atoms with van der Waals surface area (Å²) in [7, 11) is 0. The van der Waals surface area contributed by atoms with Crippen molar-refractivity contribution in [3.8, 4) is 0 Å². The Bertz CT molecular complexity index is 992. The molecule has 7 nitrogen and oxygen atoms in total. The summed E-state index contributed by atoms with van der Waals surface area (Å²) in [4.78, 5) is 32.1. The molecule has 1 atom stereocenters. The third kappa shape index (κ3) is 4.67. The molecule has 0 aliphatic carbocycles. The molecule has 3 aromatic rings. The highest BCUT2D eigenvalue weighted by atomic mass is 16.2. The summed E-state index contributed by atoms with van der Waals surface area (Å²) in [6.07, 6.45) is 10.9. The van der Waals surface area contributed by atoms with E-state index in [2.05, 4.69) is 32.2 Å². The van der Waals surface area contributed by atoms with Gasteiger partial charge in [0.15, 0.2) is 5.65 Å². The van der Waals surface area contributed by atoms with Crippen LogP contribution < -0.4 is 5.32 Å². The molecule has 0 spiro atoms. The molecular formula is C22H26N6O. The van der Waals surface area contributed by atoms with E-state index in [9.17, 15) is 4.79 Å². The molecule has 4 heterocycles. The van der Waals surface area contributed by atoms with Crippen LogP contribution in [0.2, 0.25) is 0 Å². The zero-order chi connectivity index (χ0) is 20.1. The summed E-state index contributed by atoms with van der Waals surface area (Å²) >= 11 is 0. The van der Waals surface area contributed by atoms with Gasteiger partial charge < -0.3 is 10.2 Å². The van der Waals surface area contributed by atoms with Gasteiger partial charge in [-0.2, -0.15) is 0 Å². The van der Waals surface area contributed by atoms with Crippen LogP contribution in [0.15, 0.2) is 43.0 Å². The van der Waals surface area contributed by atoms with Gasteiger partial charge in [0.1, 0.15) is 11.3 Å². The van der Waals surface area contributed by atoms with Gasteiger partial charge in [0, 0.05) is 44.4 Å². The topological polar surface area (TPSA) is 83.9 Å². The van der Waals surface area contributed by atoms with Crippen molar-refractivity contribution in [3.05, 3.63) is 54.1 Å². The Morgan fingerprint density at radius 2 is 2.14 bits per heavy atom. The van der Waals surface area contributed by atoms with Crippen molar-refractivity contribution in [1.82, 2.24) is 24.8 Å². The third-order valence-corrected chi connectivity index (χ3v) is 5.45. The van der Waals surface area contributed by atoms with E-state index in [1.165, 1.54) is 0 Å². The number of hydrogen-bond donors (Lipinski definition) is 1. The molecule has 1 amide bonds. The number of carbonyl (C=O) groups is 1. The Morgan fingerprint density at radius 1 is 1.24 bits per heavy atom. The van der Waals surface area contributed by atoms with Crippen molar-refractivity contribution in [2.45, 2.75) is 32.6 Å². The van der Waals surface area contributed by atoms with Gasteiger partial charge in [0.05, 0.1) is 5.56 Å². The van der Waals surface area contributed by atoms with Gasteiger partial charge in [-0.1, -0.05) is 6.92 Å². The molecule has 1 unspecified atom stereocenters. The Balaban J connectivity index is 1.31. The largest absolute Gasteiger partial charge is 0.370 e. The maximum atomic E-state index is 12.9. The predicted octanol–water partition coefficient (Wildman–Crippen LogP) is 3.34. The van der Waals surface area contributed by atoms with E-state index in [1.54, 1.807) is 18.6 Å². The highest BCUT2D eigenvalue weighted by molar-refractivity contribution is 5.94. The van der Waals surface area contributed by atoms with Crippen molar-refractivity contribution >= 4 is 22.9 Å². The Kier molecular flexibility index (Phi) is 5.93. The van der Waals surface area contributed by atoms with Crippen LogP contribution in [-0.4, -0.2) is 50.4 Å². The lowest BCUT2D eigenvalue weighted by molar-refractivity contribution is 0.0669. The van der Waals surface area contributed by atoms with E-state index >= 15 is 0 Å². The molecule has 1 N–H and O–H groups in total. The Labute approximate surface area is 170 Å². The first-order valence-corrected chi connectivity index (χ1v) is 10.3. The molecule has 1 fully saturated rings. The summed E-state index contributed by atoms with van der Waals surface area (Å²) < 4.78 is 0. The second-order valence-corrected chi connectivity index (χ2v) is 7.51. The highest BCUT2D eigenvalue weighted by Crippen LogP contribution is 2.22. The SMILES string of the molecule is CCc1cncc(C(=O)N2CCCC(CCNc3ccc4nccnc4n3)C2)c1. The first kappa shape index (κ1) is 19.2. The molecule has 1 aliphatic rings. The van der Waals surface area contributed by atoms with E-state index in [-0.39, 0.29) is 5.91 Å². The molecule has 0 radical (unpaired) electrons. The van der Waals surface area contributed by atoms with Crippen LogP contribution in [-0.2, 0) is 6.42 Å². The summed E-state index contributed by atoms with van der Waals surface area (Å²) in [6.45, 7) is 4.52. The van der Waals surface area contributed by atoms with E-state index in [0.29, 0.717) is 17.1 Å². The number of carbonyl (C=O) groups excluding carboxylic acids is 1. The van der Waals surface area contributed by atoms with Crippen molar-refractivity contribution in [3.63, 3.8) is 0 Å². The smallest absolute Gasteiger partial charge is 0.255 e. The van der Waals surface area contributed by atoms with Crippen LogP contribution in [0.4, 0.5) is 5.82 Å². The lowest BCUT2D eigenvalue weighted by atomic mass is 9.94. The van der Waals surface area contributed by atoms with Crippen LogP contribution >= 0.6 is 0 Å². The van der Waals surface area contributed by atoms with Crippen molar-refractivity contribution in [2.24, 2.45) is 5.92 Å². The fourth-order valence-corrected chi connectivity index (χ4v) is 3.82. The second kappa shape index (κ2) is 8.94. The first-order chi connectivity index (χ1) is 14.2. The fourth-order valence-electron chi connectivity index (χ4n) is 3.82. The maximum absolute atomic E-state index is 12.9. The van der Waals surface area contributed by atoms with Crippen LogP contribution in [0.5, 0.6) is 0 Å². The Morgan fingerprint density at radius 3 is 3.03 bits per heavy atom. The van der Waals surface area contributed by atoms with Crippen LogP contribution in [0, 0.1) is 5.92 Å². The Hall–Kier alpha value is -3.09. The molecule has 0 bridgehead atoms. The first-order valence-electron chi connectivity index (χ1n) is 10.3. The highest BCUT2D eigenvalue weighted by Gasteiger charge is 2.24. The molecule has 150 valence electrons. The molecule has 1 saturated heterocycles. The molecule has 3 aromatic heterocycles. The lowest BCUT2D eigenvalue weighted by Crippen LogP contribution is -2.40. The average Bonchev–Trinajstić information content (AvgIpc) is 2.79. The zero-order valence-corrected chi connectivity index (χ0v) is 16.7. The minimum Gasteiger partial charge on any atom is -0.370 e. The van der Waals surface area contributed by atoms with Gasteiger partial charge in [-0.3, -0.25) is 14.8 Å². The average molecular weight is 390 g/mol. The standard InChI is InChI=1S/C22H26N6O/c1-2-16-12-18(14-23-13-16)22(29)28-11-3-4-17(15-28)7-8-25-20-6-5-19-21(27-20)26-10-9-24-19/h5-6,9-10,12-14,17H,2-4,7-8,11,15H2,1H3,(H,25,26,27). The van der Waals surface area contributed by atoms with Gasteiger partial charge in [-0.25, -0.2) is 9.97 Å². The molecule has 29 heavy (non-hydrogen) atoms. The molecule has 4 rings (SSSR count). The van der Waals surface area contributed by atoms with Crippen molar-refractivity contribution < 1.29 is 4.79 Å². The minimum absolute atomic E-state index is 0.0974. The number of nitrogens with zero attached hydrogens (tertiary/aromatic N) is 5. The minimum atomic E-state index is 0.0974. The van der Waals surface area contributed by atoms with Crippen LogP contribution in [0.3, 0.4) is 0 Å². The van der Waals surface area contributed by atoms with Crippen LogP contribution in [0.1, 0.15) is 42.1 Å². The normalized spacial score (nSPS) is 16.7. The lowest BCUT2D eigenvalue weighted by Gasteiger charge is -2.33. The van der Waals surface area contributed by atoms with Gasteiger partial charge in [-0.15, -0.1) is 0 Å². The molecule has 0 aromatic carbocycles. The molecule has 1 aliphatic heterocycles. The van der Waals surface area contributed by atoms with E-state index < -0.39 is 0 Å². The number of aromatic nitrogens is 4. The van der Waals surface area contributed by atoms with Gasteiger partial charge in [0.25, 0.3) is 5.91 Å². The number of nitrogens with one attached hydrogen (secondary N) is 1. The third-order valence-electron chi connectivity index (χ3n) is 5.45. The number of piperidine rings is 1. The molecule has 0 saturated carbocycles. The number of aryl methyl sites for hydroxylation is 1. The number of hydrogen-bond acceptors (Lipinski definition) is 6. The summed E-state index contributed by atoms with van der Waals surface area (Å²) in [6, 6.07) is 5.83. The fraction of sp³-hybridized carbons (Fsp3) is 0.409. The number of fused-ring (bicyclic) bond motifs is 1. The second-order valence-electron chi connectivity index (χ2n) is 7.51. The van der Waals surface area contributed by atoms with E-state index in [1.807, 2.05) is 29.3 Å². The summed E-state index contributed by atoms with van der Waals surface area (Å²) in [5.74, 6) is 1.40. The number of anilines is 1. The number of pyridine rings is 2. The monoisotopic (exact) mass is 390 g/mol. The number of rotatable bonds is 6. The zero-order valence-electron chi connectivity index (χ0n) is 16.7. The van der Waals surface area contributed by atoms with Gasteiger partial charge in [-0.05, 0) is 55.4 Å². The van der Waals surface area contributed by atoms with E-state index in [0.717, 1.165) is 62.2 Å². The number of amides is 1. The summed E-state index contributed by atoms with van der Waals surface area (Å²) in [5.41, 5.74) is 3.24. The van der Waals surface area contributed by atoms with E-state index in [4.69, 9.17) is 0 Å². The van der Waals surface area contributed by atoms with Crippen LogP contribution in [0.25, 0.3) is 11.2 Å². The maximum Gasteiger partial charge on any atom is 0.255 e. The molecular weight excluding hydrogens is 364 g/mol. The van der Waals surface area contributed by atoms with Crippen molar-refractivity contribution in [1.29, 1.82) is 0 Å². The van der Waals surface area contributed by atoms with Gasteiger partial charge in [0.2, 0.25) is 0 Å². The summed E-state index contributed by atoms with van der Waals surface area (Å²) in [5, 5.41) is 3.38.